The summed E-state index contributed by atoms with van der Waals surface area (Å²) in [7, 11) is 1.92. The molecule has 3 heterocycles. The van der Waals surface area contributed by atoms with Crippen LogP contribution in [-0.2, 0) is 7.05 Å². The lowest BCUT2D eigenvalue weighted by Crippen LogP contribution is -2.41. The molecule has 1 aromatic heterocycles. The van der Waals surface area contributed by atoms with Crippen molar-refractivity contribution in [1.82, 2.24) is 20.0 Å². The van der Waals surface area contributed by atoms with Crippen molar-refractivity contribution in [2.45, 2.75) is 37.0 Å². The topological polar surface area (TPSA) is 50.2 Å². The van der Waals surface area contributed by atoms with Crippen LogP contribution in [0.1, 0.15) is 37.3 Å². The van der Waals surface area contributed by atoms with Crippen LogP contribution in [0, 0.1) is 0 Å². The van der Waals surface area contributed by atoms with E-state index in [-0.39, 0.29) is 12.1 Å². The third-order valence-electron chi connectivity index (χ3n) is 4.13. The van der Waals surface area contributed by atoms with Gasteiger partial charge in [-0.1, -0.05) is 0 Å². The molecule has 0 aromatic carbocycles. The Morgan fingerprint density at radius 3 is 3.10 bits per heavy atom. The number of likely N-dealkylation sites (tertiary alicyclic amines) is 1. The van der Waals surface area contributed by atoms with Gasteiger partial charge in [0.2, 0.25) is 0 Å². The molecule has 0 bridgehead atoms. The molecule has 1 aromatic rings. The highest BCUT2D eigenvalue weighted by Gasteiger charge is 2.31. The van der Waals surface area contributed by atoms with E-state index in [1.54, 1.807) is 4.68 Å². The monoisotopic (exact) mass is 294 g/mol. The van der Waals surface area contributed by atoms with E-state index in [2.05, 4.69) is 10.4 Å². The smallest absolute Gasteiger partial charge is 0.317 e. The Kier molecular flexibility index (Phi) is 4.19. The number of hydrogen-bond acceptors (Lipinski definition) is 3. The van der Waals surface area contributed by atoms with Gasteiger partial charge in [-0.2, -0.15) is 16.9 Å². The lowest BCUT2D eigenvalue weighted by Gasteiger charge is -2.25. The van der Waals surface area contributed by atoms with Crippen LogP contribution in [0.2, 0.25) is 0 Å². The first-order chi connectivity index (χ1) is 9.74. The van der Waals surface area contributed by atoms with Crippen molar-refractivity contribution in [1.29, 1.82) is 0 Å². The third kappa shape index (κ3) is 2.95. The Morgan fingerprint density at radius 2 is 2.40 bits per heavy atom. The van der Waals surface area contributed by atoms with Gasteiger partial charge in [-0.25, -0.2) is 4.79 Å². The first-order valence-electron chi connectivity index (χ1n) is 7.38. The van der Waals surface area contributed by atoms with Gasteiger partial charge in [0.1, 0.15) is 0 Å². The fourth-order valence-electron chi connectivity index (χ4n) is 3.08. The van der Waals surface area contributed by atoms with Crippen LogP contribution in [0.4, 0.5) is 4.79 Å². The highest BCUT2D eigenvalue weighted by Crippen LogP contribution is 2.31. The predicted octanol–water partition coefficient (Wildman–Crippen LogP) is 2.16. The van der Waals surface area contributed by atoms with Crippen molar-refractivity contribution in [2.75, 3.05) is 18.8 Å². The van der Waals surface area contributed by atoms with Crippen molar-refractivity contribution in [3.05, 3.63) is 18.0 Å². The van der Waals surface area contributed by atoms with Gasteiger partial charge in [-0.15, -0.1) is 0 Å². The van der Waals surface area contributed by atoms with Crippen LogP contribution < -0.4 is 5.32 Å². The van der Waals surface area contributed by atoms with E-state index in [9.17, 15) is 4.79 Å². The van der Waals surface area contributed by atoms with Crippen LogP contribution >= 0.6 is 11.8 Å². The second-order valence-electron chi connectivity index (χ2n) is 5.62. The van der Waals surface area contributed by atoms with Crippen molar-refractivity contribution >= 4 is 17.8 Å². The molecular weight excluding hydrogens is 272 g/mol. The van der Waals surface area contributed by atoms with Gasteiger partial charge in [-0.3, -0.25) is 4.68 Å². The first-order valence-corrected chi connectivity index (χ1v) is 8.43. The fraction of sp³-hybridized carbons (Fsp3) is 0.714. The third-order valence-corrected chi connectivity index (χ3v) is 5.53. The zero-order valence-corrected chi connectivity index (χ0v) is 12.7. The highest BCUT2D eigenvalue weighted by atomic mass is 32.2. The molecule has 2 fully saturated rings. The van der Waals surface area contributed by atoms with Gasteiger partial charge >= 0.3 is 6.03 Å². The van der Waals surface area contributed by atoms with E-state index < -0.39 is 0 Å². The Morgan fingerprint density at radius 1 is 1.50 bits per heavy atom. The molecule has 1 N–H and O–H groups in total. The highest BCUT2D eigenvalue weighted by molar-refractivity contribution is 8.00. The van der Waals surface area contributed by atoms with E-state index in [0.717, 1.165) is 31.5 Å². The molecular formula is C14H22N4OS. The Labute approximate surface area is 124 Å². The van der Waals surface area contributed by atoms with E-state index in [1.807, 2.05) is 36.1 Å². The van der Waals surface area contributed by atoms with Gasteiger partial charge in [-0.05, 0) is 31.4 Å². The average molecular weight is 294 g/mol. The van der Waals surface area contributed by atoms with Crippen LogP contribution in [0.3, 0.4) is 0 Å². The molecule has 0 radical (unpaired) electrons. The Balaban J connectivity index is 1.58. The van der Waals surface area contributed by atoms with Crippen LogP contribution in [-0.4, -0.2) is 44.8 Å². The zero-order chi connectivity index (χ0) is 13.9. The number of rotatable bonds is 3. The predicted molar refractivity (Wildman–Crippen MR) is 80.8 cm³/mol. The van der Waals surface area contributed by atoms with Gasteiger partial charge in [0.15, 0.2) is 0 Å². The van der Waals surface area contributed by atoms with Crippen LogP contribution in [0.15, 0.2) is 12.4 Å². The number of carbonyl (C=O) groups excluding carboxylic acids is 1. The number of aryl methyl sites for hydroxylation is 1. The summed E-state index contributed by atoms with van der Waals surface area (Å²) in [6.07, 6.45) is 8.53. The van der Waals surface area contributed by atoms with Crippen molar-refractivity contribution in [2.24, 2.45) is 7.05 Å². The summed E-state index contributed by atoms with van der Waals surface area (Å²) in [6, 6.07) is 0.281. The number of hydrogen-bond donors (Lipinski definition) is 1. The number of nitrogens with one attached hydrogen (secondary N) is 1. The van der Waals surface area contributed by atoms with Crippen molar-refractivity contribution in [3.8, 4) is 0 Å². The van der Waals surface area contributed by atoms with E-state index in [1.165, 1.54) is 18.6 Å². The lowest BCUT2D eigenvalue weighted by molar-refractivity contribution is 0.193. The number of carbonyl (C=O) groups is 1. The summed E-state index contributed by atoms with van der Waals surface area (Å²) < 4.78 is 1.80. The molecule has 6 heteroatoms. The number of nitrogens with zero attached hydrogens (tertiary/aromatic N) is 3. The summed E-state index contributed by atoms with van der Waals surface area (Å²) in [5, 5.41) is 7.94. The molecule has 2 atom stereocenters. The Bertz CT molecular complexity index is 469. The summed E-state index contributed by atoms with van der Waals surface area (Å²) in [5.41, 5.74) is 1.15. The standard InChI is InChI=1S/C14H22N4OS/c1-17-10-11(8-16-17)13-5-2-6-18(13)14(19)15-9-12-4-3-7-20-12/h8,10,12-13H,2-7,9H2,1H3,(H,15,19)/t12-,13-/m1/s1. The maximum atomic E-state index is 12.4. The molecule has 20 heavy (non-hydrogen) atoms. The average Bonchev–Trinajstić information content (AvgIpc) is 3.16. The van der Waals surface area contributed by atoms with Gasteiger partial charge < -0.3 is 10.2 Å². The van der Waals surface area contributed by atoms with E-state index >= 15 is 0 Å². The molecule has 0 aliphatic carbocycles. The molecule has 5 nitrogen and oxygen atoms in total. The second kappa shape index (κ2) is 6.08. The number of aromatic nitrogens is 2. The molecule has 110 valence electrons. The summed E-state index contributed by atoms with van der Waals surface area (Å²) in [6.45, 7) is 1.66. The fourth-order valence-corrected chi connectivity index (χ4v) is 4.28. The minimum Gasteiger partial charge on any atom is -0.337 e. The molecule has 2 aliphatic rings. The maximum Gasteiger partial charge on any atom is 0.317 e. The summed E-state index contributed by atoms with van der Waals surface area (Å²) >= 11 is 1.98. The SMILES string of the molecule is Cn1cc([C@H]2CCCN2C(=O)NC[C@H]2CCCS2)cn1. The van der Waals surface area contributed by atoms with Gasteiger partial charge in [0, 0.05) is 37.1 Å². The largest absolute Gasteiger partial charge is 0.337 e. The minimum absolute atomic E-state index is 0.0869. The first kappa shape index (κ1) is 13.8. The van der Waals surface area contributed by atoms with Gasteiger partial charge in [0.05, 0.1) is 12.2 Å². The summed E-state index contributed by atoms with van der Waals surface area (Å²) in [5.74, 6) is 1.24. The van der Waals surface area contributed by atoms with Gasteiger partial charge in [0.25, 0.3) is 0 Å². The Hall–Kier alpha value is -1.17. The van der Waals surface area contributed by atoms with Crippen LogP contribution in [0.25, 0.3) is 0 Å². The lowest BCUT2D eigenvalue weighted by atomic mass is 10.1. The molecule has 2 saturated heterocycles. The zero-order valence-electron chi connectivity index (χ0n) is 11.9. The number of urea groups is 1. The molecule has 3 rings (SSSR count). The molecule has 2 amide bonds. The molecule has 0 saturated carbocycles. The van der Waals surface area contributed by atoms with E-state index in [0.29, 0.717) is 5.25 Å². The summed E-state index contributed by atoms with van der Waals surface area (Å²) in [4.78, 5) is 14.3. The quantitative estimate of drug-likeness (QED) is 0.929. The normalized spacial score (nSPS) is 26.1. The minimum atomic E-state index is 0.0869. The molecule has 0 unspecified atom stereocenters. The molecule has 2 aliphatic heterocycles. The van der Waals surface area contributed by atoms with E-state index in [4.69, 9.17) is 0 Å². The number of thioether (sulfide) groups is 1. The van der Waals surface area contributed by atoms with Crippen molar-refractivity contribution < 1.29 is 4.79 Å². The second-order valence-corrected chi connectivity index (χ2v) is 7.03. The maximum absolute atomic E-state index is 12.4. The molecule has 0 spiro atoms. The van der Waals surface area contributed by atoms with Crippen LogP contribution in [0.5, 0.6) is 0 Å². The number of amides is 2. The van der Waals surface area contributed by atoms with Crippen molar-refractivity contribution in [3.63, 3.8) is 0 Å².